The molecule has 2 rings (SSSR count). The molecule has 106 valence electrons. The van der Waals surface area contributed by atoms with Crippen molar-refractivity contribution in [3.8, 4) is 0 Å². The Balaban J connectivity index is 1.91. The first-order valence-corrected chi connectivity index (χ1v) is 7.40. The summed E-state index contributed by atoms with van der Waals surface area (Å²) in [6.07, 6.45) is 3.88. The number of aliphatic hydroxyl groups is 1. The summed E-state index contributed by atoms with van der Waals surface area (Å²) in [5.74, 6) is 0.810. The molecule has 0 heterocycles. The molecule has 2 nitrogen and oxygen atoms in total. The third-order valence-electron chi connectivity index (χ3n) is 4.16. The highest BCUT2D eigenvalue weighted by Crippen LogP contribution is 2.38. The van der Waals surface area contributed by atoms with Crippen LogP contribution in [0.5, 0.6) is 0 Å². The molecule has 1 fully saturated rings. The lowest BCUT2D eigenvalue weighted by Gasteiger charge is -2.39. The highest BCUT2D eigenvalue weighted by atomic mass is 16.3. The van der Waals surface area contributed by atoms with E-state index in [4.69, 9.17) is 5.11 Å². The average molecular weight is 261 g/mol. The van der Waals surface area contributed by atoms with Crippen molar-refractivity contribution in [3.63, 3.8) is 0 Å². The molecule has 0 aromatic heterocycles. The van der Waals surface area contributed by atoms with Crippen molar-refractivity contribution in [2.45, 2.75) is 59.2 Å². The molecule has 2 heteroatoms. The number of rotatable bonds is 4. The van der Waals surface area contributed by atoms with Gasteiger partial charge < -0.3 is 10.4 Å². The van der Waals surface area contributed by atoms with Gasteiger partial charge in [-0.25, -0.2) is 0 Å². The second-order valence-corrected chi connectivity index (χ2v) is 6.97. The predicted octanol–water partition coefficient (Wildman–Crippen LogP) is 3.48. The van der Waals surface area contributed by atoms with Crippen LogP contribution in [0.4, 0.5) is 0 Å². The maximum absolute atomic E-state index is 9.16. The number of aliphatic hydroxyl groups excluding tert-OH is 1. The Bertz CT molecular complexity index is 413. The fourth-order valence-electron chi connectivity index (χ4n) is 3.60. The van der Waals surface area contributed by atoms with E-state index >= 15 is 0 Å². The van der Waals surface area contributed by atoms with Gasteiger partial charge in [-0.05, 0) is 41.7 Å². The zero-order chi connectivity index (χ0) is 13.9. The van der Waals surface area contributed by atoms with E-state index in [1.54, 1.807) is 0 Å². The minimum absolute atomic E-state index is 0.126. The summed E-state index contributed by atoms with van der Waals surface area (Å²) in [6.45, 7) is 8.15. The molecular weight excluding hydrogens is 234 g/mol. The quantitative estimate of drug-likeness (QED) is 0.869. The van der Waals surface area contributed by atoms with Crippen LogP contribution in [0.15, 0.2) is 24.3 Å². The summed E-state index contributed by atoms with van der Waals surface area (Å²) >= 11 is 0. The molecule has 19 heavy (non-hydrogen) atoms. The number of benzene rings is 1. The SMILES string of the molecule is CC1CC(NCc2cccc(CO)c2)CC(C)(C)C1. The van der Waals surface area contributed by atoms with Gasteiger partial charge in [0.25, 0.3) is 0 Å². The van der Waals surface area contributed by atoms with Crippen molar-refractivity contribution >= 4 is 0 Å². The van der Waals surface area contributed by atoms with Gasteiger partial charge in [0.05, 0.1) is 6.61 Å². The van der Waals surface area contributed by atoms with Crippen molar-refractivity contribution < 1.29 is 5.11 Å². The van der Waals surface area contributed by atoms with Gasteiger partial charge in [-0.1, -0.05) is 45.0 Å². The summed E-state index contributed by atoms with van der Waals surface area (Å²) in [5, 5.41) is 12.9. The van der Waals surface area contributed by atoms with Crippen LogP contribution in [0.1, 0.15) is 51.2 Å². The Morgan fingerprint density at radius 3 is 2.68 bits per heavy atom. The van der Waals surface area contributed by atoms with Gasteiger partial charge in [-0.3, -0.25) is 0 Å². The first-order chi connectivity index (χ1) is 8.98. The molecule has 0 aliphatic heterocycles. The Kier molecular flexibility index (Phi) is 4.64. The third-order valence-corrected chi connectivity index (χ3v) is 4.16. The highest BCUT2D eigenvalue weighted by Gasteiger charge is 2.31. The maximum Gasteiger partial charge on any atom is 0.0681 e. The first kappa shape index (κ1) is 14.5. The van der Waals surface area contributed by atoms with Gasteiger partial charge in [0.1, 0.15) is 0 Å². The van der Waals surface area contributed by atoms with Crippen molar-refractivity contribution in [2.24, 2.45) is 11.3 Å². The van der Waals surface area contributed by atoms with Crippen LogP contribution in [0.3, 0.4) is 0 Å². The van der Waals surface area contributed by atoms with Gasteiger partial charge in [0.15, 0.2) is 0 Å². The minimum Gasteiger partial charge on any atom is -0.392 e. The molecule has 2 unspecified atom stereocenters. The molecule has 1 saturated carbocycles. The largest absolute Gasteiger partial charge is 0.392 e. The molecule has 2 atom stereocenters. The average Bonchev–Trinajstić information content (AvgIpc) is 2.34. The highest BCUT2D eigenvalue weighted by molar-refractivity contribution is 5.22. The molecule has 1 aromatic rings. The third kappa shape index (κ3) is 4.32. The fraction of sp³-hybridized carbons (Fsp3) is 0.647. The minimum atomic E-state index is 0.126. The molecule has 1 aromatic carbocycles. The van der Waals surface area contributed by atoms with Gasteiger partial charge in [-0.15, -0.1) is 0 Å². The predicted molar refractivity (Wildman–Crippen MR) is 79.8 cm³/mol. The Morgan fingerprint density at radius 2 is 2.00 bits per heavy atom. The van der Waals surface area contributed by atoms with E-state index in [0.717, 1.165) is 18.0 Å². The van der Waals surface area contributed by atoms with Crippen LogP contribution in [-0.4, -0.2) is 11.1 Å². The second kappa shape index (κ2) is 6.06. The van der Waals surface area contributed by atoms with Crippen molar-refractivity contribution in [1.29, 1.82) is 0 Å². The standard InChI is InChI=1S/C17H27NO/c1-13-7-16(10-17(2,3)9-13)18-11-14-5-4-6-15(8-14)12-19/h4-6,8,13,16,18-19H,7,9-12H2,1-3H3. The van der Waals surface area contributed by atoms with Gasteiger partial charge in [0.2, 0.25) is 0 Å². The van der Waals surface area contributed by atoms with E-state index < -0.39 is 0 Å². The molecule has 0 bridgehead atoms. The van der Waals surface area contributed by atoms with E-state index in [0.29, 0.717) is 11.5 Å². The van der Waals surface area contributed by atoms with Crippen molar-refractivity contribution in [2.75, 3.05) is 0 Å². The Morgan fingerprint density at radius 1 is 1.26 bits per heavy atom. The number of hydrogen-bond donors (Lipinski definition) is 2. The van der Waals surface area contributed by atoms with Crippen LogP contribution >= 0.6 is 0 Å². The molecule has 0 spiro atoms. The Hall–Kier alpha value is -0.860. The second-order valence-electron chi connectivity index (χ2n) is 6.97. The van der Waals surface area contributed by atoms with Gasteiger partial charge in [0, 0.05) is 12.6 Å². The van der Waals surface area contributed by atoms with Crippen LogP contribution in [-0.2, 0) is 13.2 Å². The lowest BCUT2D eigenvalue weighted by molar-refractivity contribution is 0.151. The van der Waals surface area contributed by atoms with Crippen LogP contribution in [0.25, 0.3) is 0 Å². The summed E-state index contributed by atoms with van der Waals surface area (Å²) in [6, 6.07) is 8.83. The molecule has 1 aliphatic rings. The lowest BCUT2D eigenvalue weighted by atomic mass is 9.70. The summed E-state index contributed by atoms with van der Waals surface area (Å²) in [5.41, 5.74) is 2.72. The molecular formula is C17H27NO. The number of hydrogen-bond acceptors (Lipinski definition) is 2. The zero-order valence-corrected chi connectivity index (χ0v) is 12.4. The number of nitrogens with one attached hydrogen (secondary N) is 1. The fourth-order valence-corrected chi connectivity index (χ4v) is 3.60. The van der Waals surface area contributed by atoms with E-state index in [1.165, 1.54) is 24.8 Å². The zero-order valence-electron chi connectivity index (χ0n) is 12.4. The topological polar surface area (TPSA) is 32.3 Å². The van der Waals surface area contributed by atoms with E-state index in [9.17, 15) is 0 Å². The Labute approximate surface area is 117 Å². The van der Waals surface area contributed by atoms with Gasteiger partial charge >= 0.3 is 0 Å². The van der Waals surface area contributed by atoms with Crippen LogP contribution < -0.4 is 5.32 Å². The maximum atomic E-state index is 9.16. The molecule has 2 N–H and O–H groups in total. The summed E-state index contributed by atoms with van der Waals surface area (Å²) in [7, 11) is 0. The smallest absolute Gasteiger partial charge is 0.0681 e. The lowest BCUT2D eigenvalue weighted by Crippen LogP contribution is -2.39. The molecule has 0 saturated heterocycles. The van der Waals surface area contributed by atoms with Crippen LogP contribution in [0.2, 0.25) is 0 Å². The van der Waals surface area contributed by atoms with Crippen LogP contribution in [0, 0.1) is 11.3 Å². The normalized spacial score (nSPS) is 26.3. The van der Waals surface area contributed by atoms with Crippen molar-refractivity contribution in [1.82, 2.24) is 5.32 Å². The molecule has 0 radical (unpaired) electrons. The van der Waals surface area contributed by atoms with Gasteiger partial charge in [-0.2, -0.15) is 0 Å². The summed E-state index contributed by atoms with van der Waals surface area (Å²) in [4.78, 5) is 0. The molecule has 0 amide bonds. The van der Waals surface area contributed by atoms with Crippen molar-refractivity contribution in [3.05, 3.63) is 35.4 Å². The van der Waals surface area contributed by atoms with E-state index in [1.807, 2.05) is 12.1 Å². The van der Waals surface area contributed by atoms with E-state index in [2.05, 4.69) is 38.2 Å². The monoisotopic (exact) mass is 261 g/mol. The summed E-state index contributed by atoms with van der Waals surface area (Å²) < 4.78 is 0. The van der Waals surface area contributed by atoms with E-state index in [-0.39, 0.29) is 6.61 Å². The first-order valence-electron chi connectivity index (χ1n) is 7.40. The molecule has 1 aliphatic carbocycles.